The lowest BCUT2D eigenvalue weighted by atomic mass is 10.2. The number of rotatable bonds is 4. The molecule has 1 fully saturated rings. The molecule has 9 nitrogen and oxygen atoms in total. The van der Waals surface area contributed by atoms with Gasteiger partial charge in [0.25, 0.3) is 5.69 Å². The lowest BCUT2D eigenvalue weighted by molar-refractivity contribution is -0.384. The first-order valence-corrected chi connectivity index (χ1v) is 7.58. The van der Waals surface area contributed by atoms with Gasteiger partial charge in [-0.05, 0) is 6.07 Å². The fourth-order valence-electron chi connectivity index (χ4n) is 2.42. The molecule has 3 rings (SSSR count). The summed E-state index contributed by atoms with van der Waals surface area (Å²) in [6, 6.07) is 4.61. The molecule has 10 heteroatoms. The summed E-state index contributed by atoms with van der Waals surface area (Å²) in [4.78, 5) is 20.6. The Morgan fingerprint density at radius 3 is 2.79 bits per heavy atom. The fourth-order valence-corrected chi connectivity index (χ4v) is 2.55. The molecule has 1 aromatic carbocycles. The average Bonchev–Trinajstić information content (AvgIpc) is 2.59. The number of hydrogen-bond acceptors (Lipinski definition) is 8. The maximum Gasteiger partial charge on any atom is 0.271 e. The van der Waals surface area contributed by atoms with E-state index in [0.29, 0.717) is 37.8 Å². The summed E-state index contributed by atoms with van der Waals surface area (Å²) in [6.07, 6.45) is 1.27. The quantitative estimate of drug-likeness (QED) is 0.489. The molecule has 0 unspecified atom stereocenters. The van der Waals surface area contributed by atoms with Crippen molar-refractivity contribution in [1.82, 2.24) is 9.97 Å². The van der Waals surface area contributed by atoms with E-state index < -0.39 is 4.92 Å². The zero-order chi connectivity index (χ0) is 17.1. The van der Waals surface area contributed by atoms with E-state index in [1.165, 1.54) is 18.5 Å². The number of nitro groups is 1. The number of nitrogens with two attached hydrogens (primary N) is 1. The minimum atomic E-state index is -0.454. The van der Waals surface area contributed by atoms with Crippen LogP contribution in [-0.4, -0.2) is 41.2 Å². The van der Waals surface area contributed by atoms with Crippen LogP contribution in [0.4, 0.5) is 28.6 Å². The lowest BCUT2D eigenvalue weighted by Crippen LogP contribution is -2.36. The van der Waals surface area contributed by atoms with E-state index in [0.717, 1.165) is 5.69 Å². The molecule has 0 spiro atoms. The van der Waals surface area contributed by atoms with Crippen molar-refractivity contribution >= 4 is 40.2 Å². The van der Waals surface area contributed by atoms with Crippen molar-refractivity contribution in [2.45, 2.75) is 0 Å². The largest absolute Gasteiger partial charge is 0.393 e. The molecule has 1 aliphatic heterocycles. The summed E-state index contributed by atoms with van der Waals surface area (Å²) in [5, 5.41) is 14.2. The molecule has 0 radical (unpaired) electrons. The predicted octanol–water partition coefficient (Wildman–Crippen LogP) is 2.20. The van der Waals surface area contributed by atoms with Crippen LogP contribution in [0.25, 0.3) is 0 Å². The molecule has 3 N–H and O–H groups in total. The van der Waals surface area contributed by atoms with Crippen molar-refractivity contribution in [3.8, 4) is 0 Å². The second kappa shape index (κ2) is 6.85. The molecule has 2 heterocycles. The van der Waals surface area contributed by atoms with Crippen LogP contribution in [0.3, 0.4) is 0 Å². The number of aromatic nitrogens is 2. The number of benzene rings is 1. The Hall–Kier alpha value is -2.65. The van der Waals surface area contributed by atoms with Gasteiger partial charge in [-0.25, -0.2) is 9.97 Å². The minimum absolute atomic E-state index is 0.0340. The Bertz CT molecular complexity index is 766. The van der Waals surface area contributed by atoms with Gasteiger partial charge in [0.1, 0.15) is 12.0 Å². The highest BCUT2D eigenvalue weighted by Crippen LogP contribution is 2.34. The topological polar surface area (TPSA) is 119 Å². The molecule has 0 bridgehead atoms. The molecule has 126 valence electrons. The number of ether oxygens (including phenoxy) is 1. The van der Waals surface area contributed by atoms with E-state index in [4.69, 9.17) is 22.1 Å². The van der Waals surface area contributed by atoms with Crippen LogP contribution in [0.15, 0.2) is 24.5 Å². The molecule has 1 aliphatic rings. The summed E-state index contributed by atoms with van der Waals surface area (Å²) in [5.41, 5.74) is 7.34. The second-order valence-corrected chi connectivity index (χ2v) is 5.47. The molecule has 24 heavy (non-hydrogen) atoms. The first-order chi connectivity index (χ1) is 11.6. The van der Waals surface area contributed by atoms with Crippen LogP contribution in [0.1, 0.15) is 0 Å². The first kappa shape index (κ1) is 16.2. The summed E-state index contributed by atoms with van der Waals surface area (Å²) < 4.78 is 5.35. The van der Waals surface area contributed by atoms with E-state index in [2.05, 4.69) is 20.2 Å². The van der Waals surface area contributed by atoms with Gasteiger partial charge in [0, 0.05) is 25.2 Å². The van der Waals surface area contributed by atoms with Crippen molar-refractivity contribution < 1.29 is 9.66 Å². The number of morpholine rings is 1. The van der Waals surface area contributed by atoms with E-state index in [1.54, 1.807) is 6.07 Å². The number of nitrogen functional groups attached to an aromatic ring is 1. The number of hydrogen-bond donors (Lipinski definition) is 2. The number of halogens is 1. The van der Waals surface area contributed by atoms with E-state index in [1.807, 2.05) is 0 Å². The van der Waals surface area contributed by atoms with Crippen LogP contribution >= 0.6 is 11.6 Å². The fraction of sp³-hybridized carbons (Fsp3) is 0.286. The first-order valence-electron chi connectivity index (χ1n) is 7.20. The van der Waals surface area contributed by atoms with Gasteiger partial charge in [0.05, 0.1) is 29.5 Å². The molecular weight excluding hydrogens is 336 g/mol. The van der Waals surface area contributed by atoms with E-state index >= 15 is 0 Å². The molecular formula is C14H15ClN6O3. The molecule has 1 aromatic heterocycles. The second-order valence-electron chi connectivity index (χ2n) is 5.11. The molecule has 2 aromatic rings. The number of nitrogens with zero attached hydrogens (tertiary/aromatic N) is 4. The zero-order valence-corrected chi connectivity index (χ0v) is 13.4. The van der Waals surface area contributed by atoms with Crippen LogP contribution in [0.5, 0.6) is 0 Å². The Kier molecular flexibility index (Phi) is 4.63. The van der Waals surface area contributed by atoms with Crippen molar-refractivity contribution in [2.24, 2.45) is 0 Å². The highest BCUT2D eigenvalue weighted by Gasteiger charge is 2.19. The number of nitro benzene ring substituents is 1. The summed E-state index contributed by atoms with van der Waals surface area (Å²) >= 11 is 5.90. The third kappa shape index (κ3) is 3.31. The highest BCUT2D eigenvalue weighted by molar-refractivity contribution is 6.32. The minimum Gasteiger partial charge on any atom is -0.393 e. The molecule has 1 saturated heterocycles. The van der Waals surface area contributed by atoms with Gasteiger partial charge in [-0.15, -0.1) is 0 Å². The van der Waals surface area contributed by atoms with Crippen molar-refractivity contribution in [2.75, 3.05) is 42.3 Å². The van der Waals surface area contributed by atoms with Crippen LogP contribution in [-0.2, 0) is 4.74 Å². The van der Waals surface area contributed by atoms with Gasteiger partial charge in [0.15, 0.2) is 11.0 Å². The Morgan fingerprint density at radius 2 is 2.08 bits per heavy atom. The van der Waals surface area contributed by atoms with Crippen LogP contribution in [0.2, 0.25) is 5.15 Å². The van der Waals surface area contributed by atoms with E-state index in [-0.39, 0.29) is 16.5 Å². The van der Waals surface area contributed by atoms with Gasteiger partial charge in [0.2, 0.25) is 0 Å². The van der Waals surface area contributed by atoms with Gasteiger partial charge >= 0.3 is 0 Å². The Balaban J connectivity index is 2.00. The van der Waals surface area contributed by atoms with Gasteiger partial charge < -0.3 is 20.7 Å². The van der Waals surface area contributed by atoms with Crippen molar-refractivity contribution in [3.05, 3.63) is 39.8 Å². The number of anilines is 4. The average molecular weight is 351 g/mol. The third-order valence-electron chi connectivity index (χ3n) is 3.63. The molecule has 0 saturated carbocycles. The summed E-state index contributed by atoms with van der Waals surface area (Å²) in [7, 11) is 0. The van der Waals surface area contributed by atoms with Gasteiger partial charge in [-0.2, -0.15) is 0 Å². The molecule has 0 amide bonds. The normalized spacial score (nSPS) is 14.5. The summed E-state index contributed by atoms with van der Waals surface area (Å²) in [6.45, 7) is 2.56. The SMILES string of the molecule is Nc1c(Cl)ncnc1Nc1cc([N+](=O)[O-])ccc1N1CCOCC1. The predicted molar refractivity (Wildman–Crippen MR) is 90.9 cm³/mol. The molecule has 0 aliphatic carbocycles. The van der Waals surface area contributed by atoms with Crippen molar-refractivity contribution in [3.63, 3.8) is 0 Å². The smallest absolute Gasteiger partial charge is 0.271 e. The van der Waals surface area contributed by atoms with E-state index in [9.17, 15) is 10.1 Å². The van der Waals surface area contributed by atoms with Crippen LogP contribution in [0, 0.1) is 10.1 Å². The maximum absolute atomic E-state index is 11.1. The lowest BCUT2D eigenvalue weighted by Gasteiger charge is -2.30. The Labute approximate surface area is 142 Å². The monoisotopic (exact) mass is 350 g/mol. The Morgan fingerprint density at radius 1 is 1.33 bits per heavy atom. The van der Waals surface area contributed by atoms with Gasteiger partial charge in [-0.1, -0.05) is 11.6 Å². The number of non-ortho nitro benzene ring substituents is 1. The summed E-state index contributed by atoms with van der Waals surface area (Å²) in [5.74, 6) is 0.296. The zero-order valence-electron chi connectivity index (χ0n) is 12.6. The van der Waals surface area contributed by atoms with Gasteiger partial charge in [-0.3, -0.25) is 10.1 Å². The standard InChI is InChI=1S/C14H15ClN6O3/c15-13-12(16)14(18-8-17-13)19-10-7-9(21(22)23)1-2-11(10)20-3-5-24-6-4-20/h1-2,7-8H,3-6,16H2,(H,17,18,19). The third-order valence-corrected chi connectivity index (χ3v) is 3.93. The van der Waals surface area contributed by atoms with Crippen molar-refractivity contribution in [1.29, 1.82) is 0 Å². The number of nitrogens with one attached hydrogen (secondary N) is 1. The maximum atomic E-state index is 11.1. The van der Waals surface area contributed by atoms with Crippen LogP contribution < -0.4 is 16.0 Å². The molecule has 0 atom stereocenters. The highest BCUT2D eigenvalue weighted by atomic mass is 35.5.